The molecule has 3 rings (SSSR count). The molecule has 2 aromatic heterocycles. The number of fused-ring (bicyclic) bond motifs is 1. The van der Waals surface area contributed by atoms with Crippen molar-refractivity contribution in [3.05, 3.63) is 39.8 Å². The maximum Gasteiger partial charge on any atom is 0.356 e. The minimum absolute atomic E-state index is 0.311. The molecule has 0 spiro atoms. The second-order valence-corrected chi connectivity index (χ2v) is 6.17. The molecule has 0 aliphatic heterocycles. The number of aromatic nitrogens is 2. The second kappa shape index (κ2) is 6.36. The van der Waals surface area contributed by atoms with Crippen LogP contribution in [0.1, 0.15) is 48.2 Å². The van der Waals surface area contributed by atoms with E-state index in [4.69, 9.17) is 9.84 Å². The smallest absolute Gasteiger partial charge is 0.356 e. The quantitative estimate of drug-likeness (QED) is 0.809. The molecule has 0 bridgehead atoms. The lowest BCUT2D eigenvalue weighted by atomic mass is 10.1. The molecule has 0 atom stereocenters. The summed E-state index contributed by atoms with van der Waals surface area (Å²) in [7, 11) is 1.28. The van der Waals surface area contributed by atoms with Gasteiger partial charge in [-0.05, 0) is 24.8 Å². The molecular weight excluding hydrogens is 334 g/mol. The average Bonchev–Trinajstić information content (AvgIpc) is 3.14. The zero-order valence-electron chi connectivity index (χ0n) is 12.7. The highest BCUT2D eigenvalue weighted by Crippen LogP contribution is 2.39. The third-order valence-electron chi connectivity index (χ3n) is 3.65. The van der Waals surface area contributed by atoms with Gasteiger partial charge in [0.15, 0.2) is 11.4 Å². The molecule has 2 N–H and O–H groups in total. The van der Waals surface area contributed by atoms with E-state index in [1.807, 2.05) is 0 Å². The molecule has 0 fully saturated rings. The SMILES string of the molecule is COC(=O)c1c(NC(=O)c2nccnc2C(=O)O)sc2c1CCC2. The zero-order valence-corrected chi connectivity index (χ0v) is 13.5. The number of methoxy groups -OCH3 is 1. The Bertz CT molecular complexity index is 846. The highest BCUT2D eigenvalue weighted by Gasteiger charge is 2.29. The van der Waals surface area contributed by atoms with Crippen LogP contribution in [0.5, 0.6) is 0 Å². The molecule has 2 aromatic rings. The molecule has 1 aliphatic carbocycles. The van der Waals surface area contributed by atoms with Crippen LogP contribution in [0, 0.1) is 0 Å². The number of nitrogens with one attached hydrogen (secondary N) is 1. The number of aryl methyl sites for hydroxylation is 1. The van der Waals surface area contributed by atoms with E-state index < -0.39 is 23.5 Å². The van der Waals surface area contributed by atoms with Gasteiger partial charge < -0.3 is 15.2 Å². The summed E-state index contributed by atoms with van der Waals surface area (Å²) in [4.78, 5) is 44.1. The van der Waals surface area contributed by atoms with Crippen LogP contribution >= 0.6 is 11.3 Å². The Labute approximate surface area is 140 Å². The first-order valence-electron chi connectivity index (χ1n) is 7.11. The average molecular weight is 347 g/mol. The van der Waals surface area contributed by atoms with Crippen LogP contribution in [-0.4, -0.2) is 40.0 Å². The fourth-order valence-corrected chi connectivity index (χ4v) is 3.91. The highest BCUT2D eigenvalue weighted by molar-refractivity contribution is 7.17. The molecule has 0 aromatic carbocycles. The van der Waals surface area contributed by atoms with E-state index in [1.54, 1.807) is 0 Å². The number of rotatable bonds is 4. The molecule has 1 amide bonds. The van der Waals surface area contributed by atoms with E-state index in [2.05, 4.69) is 15.3 Å². The summed E-state index contributed by atoms with van der Waals surface area (Å²) in [6.07, 6.45) is 4.96. The fourth-order valence-electron chi connectivity index (χ4n) is 2.63. The molecule has 8 nitrogen and oxygen atoms in total. The van der Waals surface area contributed by atoms with Crippen LogP contribution in [-0.2, 0) is 17.6 Å². The van der Waals surface area contributed by atoms with Crippen molar-refractivity contribution < 1.29 is 24.2 Å². The van der Waals surface area contributed by atoms with Gasteiger partial charge >= 0.3 is 11.9 Å². The number of carbonyl (C=O) groups is 3. The molecule has 0 radical (unpaired) electrons. The summed E-state index contributed by atoms with van der Waals surface area (Å²) in [5.41, 5.74) is 0.469. The molecule has 124 valence electrons. The molecule has 0 saturated heterocycles. The summed E-state index contributed by atoms with van der Waals surface area (Å²) in [6.45, 7) is 0. The molecule has 0 saturated carbocycles. The normalized spacial score (nSPS) is 12.5. The number of anilines is 1. The van der Waals surface area contributed by atoms with E-state index in [0.29, 0.717) is 10.6 Å². The first-order chi connectivity index (χ1) is 11.5. The Hall–Kier alpha value is -2.81. The zero-order chi connectivity index (χ0) is 17.3. The van der Waals surface area contributed by atoms with E-state index in [-0.39, 0.29) is 5.69 Å². The lowest BCUT2D eigenvalue weighted by Crippen LogP contribution is -2.20. The number of nitrogens with zero attached hydrogens (tertiary/aromatic N) is 2. The predicted octanol–water partition coefficient (Wildman–Crippen LogP) is 1.76. The van der Waals surface area contributed by atoms with E-state index in [9.17, 15) is 14.4 Å². The van der Waals surface area contributed by atoms with Gasteiger partial charge in [-0.1, -0.05) is 0 Å². The summed E-state index contributed by atoms with van der Waals surface area (Å²) in [6, 6.07) is 0. The van der Waals surface area contributed by atoms with E-state index in [1.165, 1.54) is 30.8 Å². The summed E-state index contributed by atoms with van der Waals surface area (Å²) >= 11 is 1.30. The van der Waals surface area contributed by atoms with Crippen LogP contribution in [0.25, 0.3) is 0 Å². The Morgan fingerprint density at radius 1 is 1.21 bits per heavy atom. The molecule has 0 unspecified atom stereocenters. The van der Waals surface area contributed by atoms with Crippen molar-refractivity contribution in [2.75, 3.05) is 12.4 Å². The number of aromatic carboxylic acids is 1. The number of carboxylic acids is 1. The number of esters is 1. The van der Waals surface area contributed by atoms with Gasteiger partial charge in [0.2, 0.25) is 0 Å². The van der Waals surface area contributed by atoms with Gasteiger partial charge in [-0.15, -0.1) is 11.3 Å². The molecule has 9 heteroatoms. The van der Waals surface area contributed by atoms with Crippen LogP contribution in [0.3, 0.4) is 0 Å². The van der Waals surface area contributed by atoms with Crippen LogP contribution in [0.2, 0.25) is 0 Å². The van der Waals surface area contributed by atoms with Gasteiger partial charge in [-0.25, -0.2) is 19.6 Å². The van der Waals surface area contributed by atoms with Crippen molar-refractivity contribution in [2.24, 2.45) is 0 Å². The third-order valence-corrected chi connectivity index (χ3v) is 4.86. The number of thiophene rings is 1. The van der Waals surface area contributed by atoms with Crippen LogP contribution in [0.4, 0.5) is 5.00 Å². The minimum atomic E-state index is -1.35. The number of hydrogen-bond acceptors (Lipinski definition) is 7. The lowest BCUT2D eigenvalue weighted by molar-refractivity contribution is 0.0600. The number of ether oxygens (including phenoxy) is 1. The molecule has 1 aliphatic rings. The van der Waals surface area contributed by atoms with Crippen LogP contribution < -0.4 is 5.32 Å². The predicted molar refractivity (Wildman–Crippen MR) is 84.6 cm³/mol. The van der Waals surface area contributed by atoms with Gasteiger partial charge in [-0.3, -0.25) is 4.79 Å². The maximum atomic E-state index is 12.4. The maximum absolute atomic E-state index is 12.4. The fraction of sp³-hybridized carbons (Fsp3) is 0.267. The number of amides is 1. The van der Waals surface area contributed by atoms with Gasteiger partial charge in [0.1, 0.15) is 5.00 Å². The Morgan fingerprint density at radius 2 is 1.92 bits per heavy atom. The number of carbonyl (C=O) groups excluding carboxylic acids is 2. The van der Waals surface area contributed by atoms with Crippen LogP contribution in [0.15, 0.2) is 12.4 Å². The second-order valence-electron chi connectivity index (χ2n) is 5.07. The van der Waals surface area contributed by atoms with Gasteiger partial charge in [0, 0.05) is 17.3 Å². The van der Waals surface area contributed by atoms with Gasteiger partial charge in [-0.2, -0.15) is 0 Å². The van der Waals surface area contributed by atoms with Crippen molar-refractivity contribution in [2.45, 2.75) is 19.3 Å². The van der Waals surface area contributed by atoms with Crippen molar-refractivity contribution in [3.8, 4) is 0 Å². The van der Waals surface area contributed by atoms with Crippen molar-refractivity contribution in [1.29, 1.82) is 0 Å². The van der Waals surface area contributed by atoms with Gasteiger partial charge in [0.25, 0.3) is 5.91 Å². The Morgan fingerprint density at radius 3 is 2.58 bits per heavy atom. The molecular formula is C15H13N3O5S. The minimum Gasteiger partial charge on any atom is -0.476 e. The standard InChI is InChI=1S/C15H13N3O5S/c1-23-15(22)9-7-3-2-4-8(7)24-13(9)18-12(19)10-11(14(20)21)17-6-5-16-10/h5-6H,2-4H2,1H3,(H,18,19)(H,20,21). The van der Waals surface area contributed by atoms with Gasteiger partial charge in [0.05, 0.1) is 12.7 Å². The summed E-state index contributed by atoms with van der Waals surface area (Å²) in [5, 5.41) is 12.0. The number of carboxylic acid groups (broad SMARTS) is 1. The first-order valence-corrected chi connectivity index (χ1v) is 7.93. The van der Waals surface area contributed by atoms with E-state index >= 15 is 0 Å². The summed E-state index contributed by atoms with van der Waals surface area (Å²) in [5.74, 6) is -2.61. The third kappa shape index (κ3) is 2.73. The van der Waals surface area contributed by atoms with Crippen molar-refractivity contribution in [1.82, 2.24) is 9.97 Å². The summed E-state index contributed by atoms with van der Waals surface area (Å²) < 4.78 is 4.80. The molecule has 2 heterocycles. The Balaban J connectivity index is 1.96. The highest BCUT2D eigenvalue weighted by atomic mass is 32.1. The lowest BCUT2D eigenvalue weighted by Gasteiger charge is -2.07. The first kappa shape index (κ1) is 16.1. The van der Waals surface area contributed by atoms with Crippen molar-refractivity contribution in [3.63, 3.8) is 0 Å². The molecule has 24 heavy (non-hydrogen) atoms. The van der Waals surface area contributed by atoms with Crippen molar-refractivity contribution >= 4 is 34.2 Å². The largest absolute Gasteiger partial charge is 0.476 e. The van der Waals surface area contributed by atoms with E-state index in [0.717, 1.165) is 29.7 Å². The topological polar surface area (TPSA) is 118 Å². The number of hydrogen-bond donors (Lipinski definition) is 2. The Kier molecular flexibility index (Phi) is 4.26. The monoisotopic (exact) mass is 347 g/mol.